The van der Waals surface area contributed by atoms with Gasteiger partial charge < -0.3 is 4.90 Å². The third-order valence-corrected chi connectivity index (χ3v) is 4.71. The zero-order chi connectivity index (χ0) is 17.2. The molecule has 2 aromatic carbocycles. The number of aromatic nitrogens is 2. The lowest BCUT2D eigenvalue weighted by Crippen LogP contribution is -2.13. The molecule has 1 aliphatic heterocycles. The quantitative estimate of drug-likeness (QED) is 0.733. The summed E-state index contributed by atoms with van der Waals surface area (Å²) < 4.78 is 14.9. The summed E-state index contributed by atoms with van der Waals surface area (Å²) in [6, 6.07) is 17.7. The van der Waals surface area contributed by atoms with Crippen LogP contribution in [0.25, 0.3) is 22.4 Å². The molecule has 0 unspecified atom stereocenters. The topological polar surface area (TPSA) is 55.7 Å². The number of hydrogen-bond donors (Lipinski definition) is 1. The monoisotopic (exact) mass is 332 g/mol. The van der Waals surface area contributed by atoms with Crippen molar-refractivity contribution in [3.63, 3.8) is 0 Å². The van der Waals surface area contributed by atoms with Crippen LogP contribution < -0.4 is 0 Å². The van der Waals surface area contributed by atoms with Crippen LogP contribution in [0.4, 0.5) is 4.39 Å². The summed E-state index contributed by atoms with van der Waals surface area (Å²) >= 11 is 0. The molecule has 25 heavy (non-hydrogen) atoms. The van der Waals surface area contributed by atoms with Gasteiger partial charge in [0.15, 0.2) is 12.0 Å². The molecule has 1 fully saturated rings. The standard InChI is InChI=1S/C20H17FN4/c21-18-19(23-24-20(18)17-9-10-25(12-17)13-22)16-8-4-7-15(11-16)14-5-2-1-3-6-14/h1-8,11,17H,9-10,12H2,(H,23,24)/t17-/m1/s1. The number of halogens is 1. The van der Waals surface area contributed by atoms with Crippen molar-refractivity contribution in [1.29, 1.82) is 5.26 Å². The molecule has 3 aromatic rings. The summed E-state index contributed by atoms with van der Waals surface area (Å²) in [5, 5.41) is 16.1. The van der Waals surface area contributed by atoms with Crippen molar-refractivity contribution in [2.24, 2.45) is 0 Å². The Bertz CT molecular complexity index is 926. The molecule has 4 rings (SSSR count). The average molecular weight is 332 g/mol. The predicted octanol–water partition coefficient (Wildman–Crippen LogP) is 4.15. The second kappa shape index (κ2) is 6.40. The molecule has 5 heteroatoms. The smallest absolute Gasteiger partial charge is 0.179 e. The molecule has 2 heterocycles. The van der Waals surface area contributed by atoms with Crippen molar-refractivity contribution < 1.29 is 4.39 Å². The minimum absolute atomic E-state index is 0.0156. The molecule has 4 nitrogen and oxygen atoms in total. The Hall–Kier alpha value is -3.13. The van der Waals surface area contributed by atoms with Gasteiger partial charge in [-0.3, -0.25) is 5.10 Å². The van der Waals surface area contributed by atoms with Crippen molar-refractivity contribution in [3.05, 3.63) is 66.1 Å². The van der Waals surface area contributed by atoms with Crippen LogP contribution in [0, 0.1) is 17.3 Å². The lowest BCUT2D eigenvalue weighted by molar-refractivity contribution is 0.474. The predicted molar refractivity (Wildman–Crippen MR) is 94.0 cm³/mol. The number of nitrogens with one attached hydrogen (secondary N) is 1. The van der Waals surface area contributed by atoms with Gasteiger partial charge in [-0.25, -0.2) is 4.39 Å². The first kappa shape index (κ1) is 15.4. The lowest BCUT2D eigenvalue weighted by Gasteiger charge is -2.07. The first-order chi connectivity index (χ1) is 12.3. The van der Waals surface area contributed by atoms with E-state index in [0.29, 0.717) is 24.5 Å². The highest BCUT2D eigenvalue weighted by atomic mass is 19.1. The van der Waals surface area contributed by atoms with Gasteiger partial charge in [0.25, 0.3) is 0 Å². The highest BCUT2D eigenvalue weighted by molar-refractivity contribution is 5.71. The maximum Gasteiger partial charge on any atom is 0.179 e. The van der Waals surface area contributed by atoms with Gasteiger partial charge in [0.05, 0.1) is 5.69 Å². The van der Waals surface area contributed by atoms with Crippen LogP contribution in [0.3, 0.4) is 0 Å². The molecule has 124 valence electrons. The molecular weight excluding hydrogens is 315 g/mol. The Balaban J connectivity index is 1.66. The van der Waals surface area contributed by atoms with Crippen LogP contribution >= 0.6 is 0 Å². The van der Waals surface area contributed by atoms with Crippen molar-refractivity contribution in [1.82, 2.24) is 15.1 Å². The number of benzene rings is 2. The van der Waals surface area contributed by atoms with E-state index in [0.717, 1.165) is 23.1 Å². The summed E-state index contributed by atoms with van der Waals surface area (Å²) in [6.45, 7) is 1.21. The maximum atomic E-state index is 14.9. The van der Waals surface area contributed by atoms with Crippen molar-refractivity contribution in [2.45, 2.75) is 12.3 Å². The van der Waals surface area contributed by atoms with Gasteiger partial charge in [-0.15, -0.1) is 0 Å². The van der Waals surface area contributed by atoms with E-state index in [1.807, 2.05) is 54.6 Å². The van der Waals surface area contributed by atoms with Gasteiger partial charge in [-0.2, -0.15) is 10.4 Å². The number of hydrogen-bond acceptors (Lipinski definition) is 3. The van der Waals surface area contributed by atoms with Gasteiger partial charge in [0.2, 0.25) is 0 Å². The van der Waals surface area contributed by atoms with E-state index in [-0.39, 0.29) is 11.7 Å². The number of aromatic amines is 1. The second-order valence-corrected chi connectivity index (χ2v) is 6.28. The minimum atomic E-state index is -0.310. The second-order valence-electron chi connectivity index (χ2n) is 6.28. The van der Waals surface area contributed by atoms with Crippen LogP contribution in [-0.2, 0) is 0 Å². The summed E-state index contributed by atoms with van der Waals surface area (Å²) in [5.74, 6) is -0.326. The third-order valence-electron chi connectivity index (χ3n) is 4.71. The van der Waals surface area contributed by atoms with Crippen LogP contribution in [0.5, 0.6) is 0 Å². The summed E-state index contributed by atoms with van der Waals surface area (Å²) in [4.78, 5) is 1.65. The molecule has 0 spiro atoms. The molecule has 0 aliphatic carbocycles. The Labute approximate surface area is 145 Å². The summed E-state index contributed by atoms with van der Waals surface area (Å²) in [5.41, 5.74) is 3.69. The fraction of sp³-hybridized carbons (Fsp3) is 0.200. The van der Waals surface area contributed by atoms with E-state index in [2.05, 4.69) is 16.4 Å². The van der Waals surface area contributed by atoms with E-state index in [4.69, 9.17) is 5.26 Å². The fourth-order valence-corrected chi connectivity index (χ4v) is 3.37. The zero-order valence-electron chi connectivity index (χ0n) is 13.6. The van der Waals surface area contributed by atoms with Crippen molar-refractivity contribution in [2.75, 3.05) is 13.1 Å². The zero-order valence-corrected chi connectivity index (χ0v) is 13.6. The summed E-state index contributed by atoms with van der Waals surface area (Å²) in [7, 11) is 0. The van der Waals surface area contributed by atoms with Gasteiger partial charge in [-0.05, 0) is 23.6 Å². The van der Waals surface area contributed by atoms with E-state index >= 15 is 0 Å². The van der Waals surface area contributed by atoms with Gasteiger partial charge in [0, 0.05) is 24.6 Å². The van der Waals surface area contributed by atoms with Crippen LogP contribution in [0.15, 0.2) is 54.6 Å². The fourth-order valence-electron chi connectivity index (χ4n) is 3.37. The Morgan fingerprint density at radius 3 is 2.60 bits per heavy atom. The van der Waals surface area contributed by atoms with Crippen molar-refractivity contribution >= 4 is 0 Å². The van der Waals surface area contributed by atoms with Crippen LogP contribution in [0.1, 0.15) is 18.0 Å². The average Bonchev–Trinajstić information content (AvgIpc) is 3.29. The van der Waals surface area contributed by atoms with Crippen LogP contribution in [-0.4, -0.2) is 28.2 Å². The number of rotatable bonds is 3. The molecule has 1 atom stereocenters. The first-order valence-corrected chi connectivity index (χ1v) is 8.30. The molecule has 1 aliphatic rings. The minimum Gasteiger partial charge on any atom is -0.310 e. The SMILES string of the molecule is N#CN1CC[C@@H](c2[nH]nc(-c3cccc(-c4ccccc4)c3)c2F)C1. The normalized spacial score (nSPS) is 16.8. The number of nitriles is 1. The van der Waals surface area contributed by atoms with E-state index in [1.165, 1.54) is 0 Å². The van der Waals surface area contributed by atoms with Gasteiger partial charge in [-0.1, -0.05) is 48.5 Å². The largest absolute Gasteiger partial charge is 0.310 e. The molecule has 0 amide bonds. The highest BCUT2D eigenvalue weighted by Crippen LogP contribution is 2.33. The summed E-state index contributed by atoms with van der Waals surface area (Å²) in [6.07, 6.45) is 2.88. The van der Waals surface area contributed by atoms with Crippen molar-refractivity contribution in [3.8, 4) is 28.6 Å². The number of H-pyrrole nitrogens is 1. The highest BCUT2D eigenvalue weighted by Gasteiger charge is 2.28. The van der Waals surface area contributed by atoms with E-state index < -0.39 is 0 Å². The van der Waals surface area contributed by atoms with E-state index in [1.54, 1.807) is 4.90 Å². The molecule has 0 radical (unpaired) electrons. The Morgan fingerprint density at radius 2 is 1.84 bits per heavy atom. The molecule has 0 saturated carbocycles. The number of nitrogens with zero attached hydrogens (tertiary/aromatic N) is 3. The molecule has 1 N–H and O–H groups in total. The van der Waals surface area contributed by atoms with Crippen LogP contribution in [0.2, 0.25) is 0 Å². The Kier molecular flexibility index (Phi) is 3.95. The van der Waals surface area contributed by atoms with Gasteiger partial charge in [0.1, 0.15) is 5.69 Å². The lowest BCUT2D eigenvalue weighted by atomic mass is 10.00. The molecular formula is C20H17FN4. The molecule has 1 saturated heterocycles. The van der Waals surface area contributed by atoms with Gasteiger partial charge >= 0.3 is 0 Å². The number of likely N-dealkylation sites (tertiary alicyclic amines) is 1. The maximum absolute atomic E-state index is 14.9. The molecule has 1 aromatic heterocycles. The van der Waals surface area contributed by atoms with E-state index in [9.17, 15) is 4.39 Å². The Morgan fingerprint density at radius 1 is 1.08 bits per heavy atom. The molecule has 0 bridgehead atoms. The first-order valence-electron chi connectivity index (χ1n) is 8.30. The third kappa shape index (κ3) is 2.87.